The number of rotatable bonds is 3. The van der Waals surface area contributed by atoms with Crippen LogP contribution in [0.4, 0.5) is 5.69 Å². The minimum absolute atomic E-state index is 0.195. The van der Waals surface area contributed by atoms with Crippen molar-refractivity contribution in [3.63, 3.8) is 0 Å². The summed E-state index contributed by atoms with van der Waals surface area (Å²) < 4.78 is 25.6. The third-order valence-electron chi connectivity index (χ3n) is 3.40. The molecule has 0 radical (unpaired) electrons. The predicted molar refractivity (Wildman–Crippen MR) is 74.2 cm³/mol. The van der Waals surface area contributed by atoms with Gasteiger partial charge in [-0.05, 0) is 37.6 Å². The number of nitrogens with one attached hydrogen (secondary N) is 1. The first-order valence-electron chi connectivity index (χ1n) is 6.21. The number of hydrogen-bond acceptors (Lipinski definition) is 3. The highest BCUT2D eigenvalue weighted by Gasteiger charge is 2.33. The van der Waals surface area contributed by atoms with Gasteiger partial charge in [0.1, 0.15) is 0 Å². The quantitative estimate of drug-likeness (QED) is 0.908. The lowest BCUT2D eigenvalue weighted by molar-refractivity contribution is 0.598. The second-order valence-electron chi connectivity index (χ2n) is 5.02. The molecule has 1 aromatic rings. The molecule has 2 atom stereocenters. The smallest absolute Gasteiger partial charge is 0.235 e. The van der Waals surface area contributed by atoms with Gasteiger partial charge in [-0.3, -0.25) is 4.31 Å². The number of sulfonamides is 1. The third-order valence-corrected chi connectivity index (χ3v) is 5.42. The van der Waals surface area contributed by atoms with E-state index in [9.17, 15) is 8.42 Å². The molecule has 100 valence electrons. The summed E-state index contributed by atoms with van der Waals surface area (Å²) in [7, 11) is -1.23. The van der Waals surface area contributed by atoms with E-state index in [0.717, 1.165) is 11.3 Å². The fourth-order valence-electron chi connectivity index (χ4n) is 2.28. The van der Waals surface area contributed by atoms with Gasteiger partial charge >= 0.3 is 0 Å². The lowest BCUT2D eigenvalue weighted by atomic mass is 10.1. The highest BCUT2D eigenvalue weighted by atomic mass is 32.2. The number of anilines is 1. The summed E-state index contributed by atoms with van der Waals surface area (Å²) in [5.41, 5.74) is 1.88. The molecule has 4 nitrogen and oxygen atoms in total. The van der Waals surface area contributed by atoms with Crippen LogP contribution in [0.25, 0.3) is 0 Å². The molecule has 1 saturated heterocycles. The molecule has 1 aromatic carbocycles. The van der Waals surface area contributed by atoms with Crippen LogP contribution in [0.3, 0.4) is 0 Å². The van der Waals surface area contributed by atoms with Crippen molar-refractivity contribution in [2.45, 2.75) is 19.9 Å². The van der Waals surface area contributed by atoms with Gasteiger partial charge in [0.2, 0.25) is 10.0 Å². The minimum Gasteiger partial charge on any atom is -0.313 e. The van der Waals surface area contributed by atoms with Gasteiger partial charge in [0.05, 0.1) is 11.4 Å². The average Bonchev–Trinajstić information content (AvgIpc) is 2.61. The van der Waals surface area contributed by atoms with Gasteiger partial charge in [-0.15, -0.1) is 0 Å². The molecule has 0 spiro atoms. The van der Waals surface area contributed by atoms with Crippen LogP contribution in [0.15, 0.2) is 24.3 Å². The Morgan fingerprint density at radius 2 is 2.17 bits per heavy atom. The highest BCUT2D eigenvalue weighted by Crippen LogP contribution is 2.28. The van der Waals surface area contributed by atoms with E-state index < -0.39 is 10.0 Å². The molecule has 1 aliphatic heterocycles. The monoisotopic (exact) mass is 268 g/mol. The van der Waals surface area contributed by atoms with Crippen LogP contribution in [0.2, 0.25) is 0 Å². The van der Waals surface area contributed by atoms with E-state index in [4.69, 9.17) is 0 Å². The van der Waals surface area contributed by atoms with Crippen molar-refractivity contribution in [2.24, 2.45) is 5.92 Å². The highest BCUT2D eigenvalue weighted by molar-refractivity contribution is 7.93. The summed E-state index contributed by atoms with van der Waals surface area (Å²) >= 11 is 0. The molecule has 1 N–H and O–H groups in total. The van der Waals surface area contributed by atoms with Crippen LogP contribution in [-0.2, 0) is 10.0 Å². The molecule has 0 aromatic heterocycles. The Morgan fingerprint density at radius 1 is 1.44 bits per heavy atom. The molecule has 0 saturated carbocycles. The van der Waals surface area contributed by atoms with E-state index in [1.807, 2.05) is 38.2 Å². The first-order chi connectivity index (χ1) is 8.44. The van der Waals surface area contributed by atoms with E-state index in [-0.39, 0.29) is 17.7 Å². The summed E-state index contributed by atoms with van der Waals surface area (Å²) in [6.45, 7) is 4.61. The Bertz CT molecular complexity index is 528. The maximum Gasteiger partial charge on any atom is 0.235 e. The van der Waals surface area contributed by atoms with Crippen molar-refractivity contribution in [1.82, 2.24) is 5.32 Å². The van der Waals surface area contributed by atoms with E-state index in [0.29, 0.717) is 6.54 Å². The van der Waals surface area contributed by atoms with Crippen LogP contribution >= 0.6 is 0 Å². The largest absolute Gasteiger partial charge is 0.313 e. The summed E-state index contributed by atoms with van der Waals surface area (Å²) in [5.74, 6) is 0.444. The average molecular weight is 268 g/mol. The normalized spacial score (nSPS) is 24.2. The molecular weight excluding hydrogens is 248 g/mol. The molecule has 0 amide bonds. The maximum atomic E-state index is 12.0. The molecule has 2 rings (SSSR count). The second-order valence-corrected chi connectivity index (χ2v) is 6.96. The van der Waals surface area contributed by atoms with Gasteiger partial charge in [-0.25, -0.2) is 8.42 Å². The lowest BCUT2D eigenvalue weighted by Gasteiger charge is -2.19. The fourth-order valence-corrected chi connectivity index (χ4v) is 4.20. The molecular formula is C13H20N2O2S. The van der Waals surface area contributed by atoms with Crippen LogP contribution in [0.5, 0.6) is 0 Å². The number of hydrogen-bond donors (Lipinski definition) is 1. The van der Waals surface area contributed by atoms with Crippen LogP contribution in [0, 0.1) is 5.92 Å². The van der Waals surface area contributed by atoms with Crippen molar-refractivity contribution in [3.8, 4) is 0 Å². The Morgan fingerprint density at radius 3 is 2.72 bits per heavy atom. The first-order valence-corrected chi connectivity index (χ1v) is 7.82. The zero-order valence-corrected chi connectivity index (χ0v) is 11.9. The summed E-state index contributed by atoms with van der Waals surface area (Å²) in [6, 6.07) is 7.96. The van der Waals surface area contributed by atoms with E-state index in [2.05, 4.69) is 12.2 Å². The Labute approximate surface area is 109 Å². The molecule has 1 heterocycles. The summed E-state index contributed by atoms with van der Waals surface area (Å²) in [5, 5.41) is 3.16. The SMILES string of the molecule is CN[C@@H](C)c1cccc(N2C[C@@H](C)CS2(=O)=O)c1. The predicted octanol–water partition coefficient (Wildman–Crippen LogP) is 1.75. The molecule has 0 aliphatic carbocycles. The van der Waals surface area contributed by atoms with Gasteiger partial charge in [0.25, 0.3) is 0 Å². The van der Waals surface area contributed by atoms with Crippen molar-refractivity contribution in [3.05, 3.63) is 29.8 Å². The minimum atomic E-state index is -3.13. The van der Waals surface area contributed by atoms with Gasteiger partial charge in [0, 0.05) is 12.6 Å². The zero-order valence-electron chi connectivity index (χ0n) is 11.1. The molecule has 0 bridgehead atoms. The van der Waals surface area contributed by atoms with Gasteiger partial charge in [-0.1, -0.05) is 19.1 Å². The summed E-state index contributed by atoms with van der Waals surface area (Å²) in [4.78, 5) is 0. The molecule has 0 unspecified atom stereocenters. The van der Waals surface area contributed by atoms with Crippen LogP contribution in [0.1, 0.15) is 25.5 Å². The van der Waals surface area contributed by atoms with Gasteiger partial charge < -0.3 is 5.32 Å². The first kappa shape index (κ1) is 13.4. The molecule has 1 aliphatic rings. The Hall–Kier alpha value is -1.07. The molecule has 5 heteroatoms. The molecule has 1 fully saturated rings. The Kier molecular flexibility index (Phi) is 3.64. The van der Waals surface area contributed by atoms with Crippen LogP contribution in [-0.4, -0.2) is 27.8 Å². The van der Waals surface area contributed by atoms with Crippen molar-refractivity contribution in [2.75, 3.05) is 23.7 Å². The second kappa shape index (κ2) is 4.90. The summed E-state index contributed by atoms with van der Waals surface area (Å²) in [6.07, 6.45) is 0. The van der Waals surface area contributed by atoms with Crippen molar-refractivity contribution < 1.29 is 8.42 Å². The topological polar surface area (TPSA) is 49.4 Å². The standard InChI is InChI=1S/C13H20N2O2S/c1-10-8-15(18(16,17)9-10)13-6-4-5-12(7-13)11(2)14-3/h4-7,10-11,14H,8-9H2,1-3H3/t10-,11+/m1/s1. The van der Waals surface area contributed by atoms with Gasteiger partial charge in [0.15, 0.2) is 0 Å². The zero-order chi connectivity index (χ0) is 13.3. The van der Waals surface area contributed by atoms with E-state index >= 15 is 0 Å². The fraction of sp³-hybridized carbons (Fsp3) is 0.538. The van der Waals surface area contributed by atoms with Crippen molar-refractivity contribution >= 4 is 15.7 Å². The van der Waals surface area contributed by atoms with Crippen molar-refractivity contribution in [1.29, 1.82) is 0 Å². The van der Waals surface area contributed by atoms with E-state index in [1.165, 1.54) is 4.31 Å². The maximum absolute atomic E-state index is 12.0. The molecule has 18 heavy (non-hydrogen) atoms. The number of benzene rings is 1. The Balaban J connectivity index is 2.35. The third kappa shape index (κ3) is 2.52. The van der Waals surface area contributed by atoms with Gasteiger partial charge in [-0.2, -0.15) is 0 Å². The van der Waals surface area contributed by atoms with E-state index in [1.54, 1.807) is 0 Å². The number of nitrogens with zero attached hydrogens (tertiary/aromatic N) is 1. The lowest BCUT2D eigenvalue weighted by Crippen LogP contribution is -2.25. The van der Waals surface area contributed by atoms with Crippen LogP contribution < -0.4 is 9.62 Å².